The van der Waals surface area contributed by atoms with E-state index in [1.54, 1.807) is 0 Å². The van der Waals surface area contributed by atoms with Crippen LogP contribution in [0, 0.1) is 6.92 Å². The molecule has 1 N–H and O–H groups in total. The molecule has 0 aromatic heterocycles. The number of rotatable bonds is 5. The minimum absolute atomic E-state index is 0. The Hall–Kier alpha value is -1.55. The molecule has 1 rings (SSSR count). The van der Waals surface area contributed by atoms with Crippen molar-refractivity contribution in [2.75, 3.05) is 18.5 Å². The number of likely N-dealkylation sites (N-methyl/N-ethyl adjacent to an activating group) is 1. The van der Waals surface area contributed by atoms with Crippen LogP contribution in [-0.2, 0) is 4.79 Å². The zero-order chi connectivity index (χ0) is 13.5. The molecule has 0 radical (unpaired) electrons. The average molecular weight is 284 g/mol. The minimum Gasteiger partial charge on any atom is -0.353 e. The number of hydrogen-bond donors (Lipinski definition) is 1. The fraction of sp³-hybridized carbons (Fsp3) is 0.429. The van der Waals surface area contributed by atoms with Gasteiger partial charge in [-0.25, -0.2) is 0 Å². The molecular formula is C14H22ClN3O. The monoisotopic (exact) mass is 283 g/mol. The summed E-state index contributed by atoms with van der Waals surface area (Å²) in [5, 5.41) is 4.22. The van der Waals surface area contributed by atoms with E-state index in [-0.39, 0.29) is 18.2 Å². The molecule has 0 aliphatic rings. The predicted octanol–water partition coefficient (Wildman–Crippen LogP) is 3.07. The zero-order valence-electron chi connectivity index (χ0n) is 11.9. The minimum atomic E-state index is -0.0288. The second kappa shape index (κ2) is 8.53. The van der Waals surface area contributed by atoms with Crippen LogP contribution in [0.5, 0.6) is 0 Å². The number of carbonyl (C=O) groups is 1. The number of halogens is 1. The molecule has 0 atom stereocenters. The molecule has 0 heterocycles. The average Bonchev–Trinajstić information content (AvgIpc) is 2.34. The highest BCUT2D eigenvalue weighted by atomic mass is 35.5. The summed E-state index contributed by atoms with van der Waals surface area (Å²) in [6.45, 7) is 9.11. The summed E-state index contributed by atoms with van der Waals surface area (Å²) in [7, 11) is 0. The van der Waals surface area contributed by atoms with Crippen LogP contribution in [0.3, 0.4) is 0 Å². The van der Waals surface area contributed by atoms with Gasteiger partial charge in [-0.05, 0) is 38.5 Å². The Labute approximate surface area is 121 Å². The van der Waals surface area contributed by atoms with Crippen molar-refractivity contribution in [3.05, 3.63) is 29.8 Å². The Bertz CT molecular complexity index is 442. The van der Waals surface area contributed by atoms with Crippen LogP contribution in [0.15, 0.2) is 29.4 Å². The van der Waals surface area contributed by atoms with E-state index < -0.39 is 0 Å². The Morgan fingerprint density at radius 1 is 1.32 bits per heavy atom. The normalized spacial score (nSPS) is 10.6. The largest absolute Gasteiger partial charge is 0.353 e. The maximum absolute atomic E-state index is 11.6. The second-order valence-corrected chi connectivity index (χ2v) is 4.15. The number of Topliss-reactive ketones (excluding diaryl/α,β-unsaturated/α-hetero) is 1. The number of aryl methyl sites for hydroxylation is 1. The van der Waals surface area contributed by atoms with E-state index in [0.717, 1.165) is 24.3 Å². The lowest BCUT2D eigenvalue weighted by Crippen LogP contribution is -2.36. The number of benzene rings is 1. The summed E-state index contributed by atoms with van der Waals surface area (Å²) < 4.78 is 0. The van der Waals surface area contributed by atoms with Gasteiger partial charge in [0.2, 0.25) is 0 Å². The van der Waals surface area contributed by atoms with Gasteiger partial charge in [0, 0.05) is 20.0 Å². The van der Waals surface area contributed by atoms with Gasteiger partial charge in [-0.2, -0.15) is 5.10 Å². The molecule has 19 heavy (non-hydrogen) atoms. The van der Waals surface area contributed by atoms with Crippen molar-refractivity contribution in [1.82, 2.24) is 4.90 Å². The van der Waals surface area contributed by atoms with Crippen LogP contribution in [-0.4, -0.2) is 29.6 Å². The third kappa shape index (κ3) is 5.30. The fourth-order valence-electron chi connectivity index (χ4n) is 1.73. The molecule has 0 aliphatic heterocycles. The Kier molecular flexibility index (Phi) is 7.84. The van der Waals surface area contributed by atoms with E-state index in [0.29, 0.717) is 5.84 Å². The van der Waals surface area contributed by atoms with Gasteiger partial charge < -0.3 is 4.90 Å². The van der Waals surface area contributed by atoms with Crippen LogP contribution in [0.4, 0.5) is 5.69 Å². The van der Waals surface area contributed by atoms with Crippen molar-refractivity contribution in [2.45, 2.75) is 27.7 Å². The summed E-state index contributed by atoms with van der Waals surface area (Å²) in [5.41, 5.74) is 4.99. The molecule has 0 amide bonds. The van der Waals surface area contributed by atoms with E-state index in [1.165, 1.54) is 6.92 Å². The SMILES string of the molecule is CCN(CC)C(=NNc1cccc(C)c1)C(C)=O.Cl. The van der Waals surface area contributed by atoms with E-state index in [4.69, 9.17) is 0 Å². The van der Waals surface area contributed by atoms with E-state index >= 15 is 0 Å². The fourth-order valence-corrected chi connectivity index (χ4v) is 1.73. The number of carbonyl (C=O) groups excluding carboxylic acids is 1. The highest BCUT2D eigenvalue weighted by Crippen LogP contribution is 2.09. The zero-order valence-corrected chi connectivity index (χ0v) is 12.8. The van der Waals surface area contributed by atoms with Crippen LogP contribution >= 0.6 is 12.4 Å². The van der Waals surface area contributed by atoms with Crippen molar-refractivity contribution in [3.8, 4) is 0 Å². The quantitative estimate of drug-likeness (QED) is 0.513. The van der Waals surface area contributed by atoms with Gasteiger partial charge >= 0.3 is 0 Å². The molecule has 0 fully saturated rings. The molecule has 0 aliphatic carbocycles. The first kappa shape index (κ1) is 17.4. The van der Waals surface area contributed by atoms with Crippen molar-refractivity contribution in [3.63, 3.8) is 0 Å². The molecular weight excluding hydrogens is 262 g/mol. The summed E-state index contributed by atoms with van der Waals surface area (Å²) in [4.78, 5) is 13.5. The molecule has 5 heteroatoms. The summed E-state index contributed by atoms with van der Waals surface area (Å²) in [6.07, 6.45) is 0. The van der Waals surface area contributed by atoms with Crippen molar-refractivity contribution < 1.29 is 4.79 Å². The van der Waals surface area contributed by atoms with Crippen molar-refractivity contribution in [2.24, 2.45) is 5.10 Å². The molecule has 0 unspecified atom stereocenters. The van der Waals surface area contributed by atoms with Gasteiger partial charge in [-0.1, -0.05) is 12.1 Å². The molecule has 1 aromatic carbocycles. The summed E-state index contributed by atoms with van der Waals surface area (Å²) in [6, 6.07) is 7.89. The third-order valence-electron chi connectivity index (χ3n) is 2.69. The van der Waals surface area contributed by atoms with E-state index in [2.05, 4.69) is 10.5 Å². The number of hydrazone groups is 1. The lowest BCUT2D eigenvalue weighted by molar-refractivity contribution is -0.111. The molecule has 0 saturated carbocycles. The van der Waals surface area contributed by atoms with Gasteiger partial charge in [0.25, 0.3) is 0 Å². The standard InChI is InChI=1S/C14H21N3O.ClH/c1-5-17(6-2)14(12(4)18)16-15-13-9-7-8-11(3)10-13;/h7-10,15H,5-6H2,1-4H3;1H. The highest BCUT2D eigenvalue weighted by Gasteiger charge is 2.12. The van der Waals surface area contributed by atoms with Crippen molar-refractivity contribution in [1.29, 1.82) is 0 Å². The lowest BCUT2D eigenvalue weighted by atomic mass is 10.2. The number of nitrogens with zero attached hydrogens (tertiary/aromatic N) is 2. The Morgan fingerprint density at radius 2 is 1.95 bits per heavy atom. The van der Waals surface area contributed by atoms with Crippen LogP contribution in [0.2, 0.25) is 0 Å². The first-order valence-electron chi connectivity index (χ1n) is 6.24. The van der Waals surface area contributed by atoms with Gasteiger partial charge in [0.1, 0.15) is 0 Å². The van der Waals surface area contributed by atoms with Gasteiger partial charge in [-0.3, -0.25) is 10.2 Å². The summed E-state index contributed by atoms with van der Waals surface area (Å²) in [5.74, 6) is 0.445. The van der Waals surface area contributed by atoms with Crippen molar-refractivity contribution >= 4 is 29.7 Å². The van der Waals surface area contributed by atoms with Crippen LogP contribution in [0.25, 0.3) is 0 Å². The van der Waals surface area contributed by atoms with Gasteiger partial charge in [-0.15, -0.1) is 12.4 Å². The van der Waals surface area contributed by atoms with Gasteiger partial charge in [0.05, 0.1) is 5.69 Å². The molecule has 0 spiro atoms. The molecule has 0 saturated heterocycles. The molecule has 1 aromatic rings. The topological polar surface area (TPSA) is 44.7 Å². The van der Waals surface area contributed by atoms with Crippen LogP contribution < -0.4 is 5.43 Å². The molecule has 0 bridgehead atoms. The first-order chi connectivity index (χ1) is 8.58. The maximum atomic E-state index is 11.6. The van der Waals surface area contributed by atoms with Crippen LogP contribution in [0.1, 0.15) is 26.3 Å². The van der Waals surface area contributed by atoms with E-state index in [1.807, 2.05) is 49.9 Å². The molecule has 4 nitrogen and oxygen atoms in total. The van der Waals surface area contributed by atoms with E-state index in [9.17, 15) is 4.79 Å². The number of hydrogen-bond acceptors (Lipinski definition) is 3. The first-order valence-corrected chi connectivity index (χ1v) is 6.24. The Morgan fingerprint density at radius 3 is 2.42 bits per heavy atom. The number of amidine groups is 1. The number of anilines is 1. The van der Waals surface area contributed by atoms with Gasteiger partial charge in [0.15, 0.2) is 11.6 Å². The summed E-state index contributed by atoms with van der Waals surface area (Å²) >= 11 is 0. The Balaban J connectivity index is 0.00000324. The maximum Gasteiger partial charge on any atom is 0.196 e. The molecule has 106 valence electrons. The smallest absolute Gasteiger partial charge is 0.196 e. The lowest BCUT2D eigenvalue weighted by Gasteiger charge is -2.20. The number of nitrogens with one attached hydrogen (secondary N) is 1. The highest BCUT2D eigenvalue weighted by molar-refractivity contribution is 6.37. The predicted molar refractivity (Wildman–Crippen MR) is 83.1 cm³/mol. The number of ketones is 1. The second-order valence-electron chi connectivity index (χ2n) is 4.15. The third-order valence-corrected chi connectivity index (χ3v) is 2.69.